The van der Waals surface area contributed by atoms with Gasteiger partial charge in [-0.15, -0.1) is 0 Å². The average molecular weight is 290 g/mol. The largest absolute Gasteiger partial charge is 0.331 e. The van der Waals surface area contributed by atoms with Gasteiger partial charge in [-0.3, -0.25) is 4.98 Å². The van der Waals surface area contributed by atoms with E-state index in [1.54, 1.807) is 6.20 Å². The summed E-state index contributed by atoms with van der Waals surface area (Å²) in [5.41, 5.74) is 4.39. The van der Waals surface area contributed by atoms with Gasteiger partial charge in [-0.05, 0) is 54.5 Å². The molecule has 1 aromatic carbocycles. The number of hydrogen-bond acceptors (Lipinski definition) is 2. The van der Waals surface area contributed by atoms with Crippen molar-refractivity contribution in [3.8, 4) is 0 Å². The summed E-state index contributed by atoms with van der Waals surface area (Å²) in [7, 11) is 0. The van der Waals surface area contributed by atoms with E-state index in [9.17, 15) is 0 Å². The van der Waals surface area contributed by atoms with Gasteiger partial charge in [0.2, 0.25) is 0 Å². The first kappa shape index (κ1) is 12.4. The van der Waals surface area contributed by atoms with Gasteiger partial charge in [0.05, 0.1) is 17.6 Å². The molecule has 0 atom stereocenters. The smallest absolute Gasteiger partial charge is 0.178 e. The Morgan fingerprint density at radius 2 is 2.21 bits per heavy atom. The van der Waals surface area contributed by atoms with Crippen LogP contribution in [0.1, 0.15) is 11.1 Å². The summed E-state index contributed by atoms with van der Waals surface area (Å²) in [4.78, 5) is 7.30. The first-order chi connectivity index (χ1) is 9.15. The molecule has 0 spiro atoms. The van der Waals surface area contributed by atoms with Crippen molar-refractivity contribution in [2.24, 2.45) is 0 Å². The van der Waals surface area contributed by atoms with Crippen molar-refractivity contribution in [3.05, 3.63) is 57.6 Å². The summed E-state index contributed by atoms with van der Waals surface area (Å²) in [5.74, 6) is 0. The van der Waals surface area contributed by atoms with Gasteiger partial charge in [0.25, 0.3) is 0 Å². The van der Waals surface area contributed by atoms with E-state index in [-0.39, 0.29) is 0 Å². The highest BCUT2D eigenvalue weighted by molar-refractivity contribution is 7.71. The Morgan fingerprint density at radius 3 is 3.00 bits per heavy atom. The van der Waals surface area contributed by atoms with Crippen LogP contribution in [0.5, 0.6) is 0 Å². The van der Waals surface area contributed by atoms with Gasteiger partial charge in [-0.2, -0.15) is 0 Å². The van der Waals surface area contributed by atoms with Crippen molar-refractivity contribution in [1.82, 2.24) is 14.5 Å². The molecule has 3 nitrogen and oxygen atoms in total. The molecule has 0 amide bonds. The van der Waals surface area contributed by atoms with E-state index in [1.165, 1.54) is 5.56 Å². The fraction of sp³-hybridized carbons (Fsp3) is 0.143. The van der Waals surface area contributed by atoms with E-state index in [1.807, 2.05) is 30.5 Å². The monoisotopic (exact) mass is 289 g/mol. The molecule has 5 heteroatoms. The Hall–Kier alpha value is -1.65. The number of H-pyrrole nitrogens is 1. The van der Waals surface area contributed by atoms with Gasteiger partial charge in [0.1, 0.15) is 0 Å². The average Bonchev–Trinajstić information content (AvgIpc) is 2.68. The lowest BCUT2D eigenvalue weighted by atomic mass is 10.1. The summed E-state index contributed by atoms with van der Waals surface area (Å²) < 4.78 is 2.78. The second kappa shape index (κ2) is 4.79. The minimum absolute atomic E-state index is 0.702. The van der Waals surface area contributed by atoms with E-state index in [2.05, 4.69) is 21.5 Å². The molecule has 3 rings (SSSR count). The van der Waals surface area contributed by atoms with Gasteiger partial charge in [-0.1, -0.05) is 11.6 Å². The van der Waals surface area contributed by atoms with Crippen molar-refractivity contribution in [2.75, 3.05) is 0 Å². The molecule has 0 saturated carbocycles. The van der Waals surface area contributed by atoms with Crippen LogP contribution in [0.15, 0.2) is 36.7 Å². The minimum atomic E-state index is 0.702. The number of aryl methyl sites for hydroxylation is 1. The normalized spacial score (nSPS) is 11.1. The zero-order chi connectivity index (χ0) is 13.4. The Kier molecular flexibility index (Phi) is 3.12. The van der Waals surface area contributed by atoms with Crippen LogP contribution in [-0.2, 0) is 6.54 Å². The topological polar surface area (TPSA) is 33.6 Å². The van der Waals surface area contributed by atoms with Gasteiger partial charge < -0.3 is 9.55 Å². The lowest BCUT2D eigenvalue weighted by Crippen LogP contribution is -2.01. The number of aromatic amines is 1. The van der Waals surface area contributed by atoms with E-state index >= 15 is 0 Å². The van der Waals surface area contributed by atoms with Crippen LogP contribution in [0.4, 0.5) is 0 Å². The third-order valence-corrected chi connectivity index (χ3v) is 3.76. The maximum atomic E-state index is 5.99. The molecular weight excluding hydrogens is 278 g/mol. The third-order valence-electron chi connectivity index (χ3n) is 3.20. The van der Waals surface area contributed by atoms with Crippen molar-refractivity contribution in [2.45, 2.75) is 13.5 Å². The Morgan fingerprint density at radius 1 is 1.37 bits per heavy atom. The summed E-state index contributed by atoms with van der Waals surface area (Å²) >= 11 is 11.4. The quantitative estimate of drug-likeness (QED) is 0.721. The molecule has 96 valence electrons. The fourth-order valence-corrected chi connectivity index (χ4v) is 2.59. The van der Waals surface area contributed by atoms with Crippen molar-refractivity contribution in [3.63, 3.8) is 0 Å². The SMILES string of the molecule is Cc1cnccc1Cn1c(=S)[nH]c2cc(Cl)ccc21. The summed E-state index contributed by atoms with van der Waals surface area (Å²) in [6, 6.07) is 7.78. The highest BCUT2D eigenvalue weighted by Crippen LogP contribution is 2.20. The second-order valence-electron chi connectivity index (χ2n) is 4.48. The number of halogens is 1. The molecule has 0 aliphatic heterocycles. The van der Waals surface area contributed by atoms with Crippen molar-refractivity contribution in [1.29, 1.82) is 0 Å². The molecular formula is C14H12ClN3S. The molecule has 0 unspecified atom stereocenters. The molecule has 0 aliphatic rings. The van der Waals surface area contributed by atoms with Crippen LogP contribution in [-0.4, -0.2) is 14.5 Å². The van der Waals surface area contributed by atoms with Crippen LogP contribution < -0.4 is 0 Å². The number of nitrogens with zero attached hydrogens (tertiary/aromatic N) is 2. The van der Waals surface area contributed by atoms with Crippen LogP contribution in [0.25, 0.3) is 11.0 Å². The third kappa shape index (κ3) is 2.29. The van der Waals surface area contributed by atoms with E-state index in [0.29, 0.717) is 9.79 Å². The molecule has 19 heavy (non-hydrogen) atoms. The first-order valence-electron chi connectivity index (χ1n) is 5.93. The number of imidazole rings is 1. The molecule has 0 aliphatic carbocycles. The lowest BCUT2D eigenvalue weighted by molar-refractivity contribution is 0.803. The lowest BCUT2D eigenvalue weighted by Gasteiger charge is -2.07. The summed E-state index contributed by atoms with van der Waals surface area (Å²) in [5, 5.41) is 0.705. The maximum Gasteiger partial charge on any atom is 0.178 e. The predicted molar refractivity (Wildman–Crippen MR) is 80.2 cm³/mol. The first-order valence-corrected chi connectivity index (χ1v) is 6.71. The fourth-order valence-electron chi connectivity index (χ4n) is 2.14. The van der Waals surface area contributed by atoms with E-state index in [0.717, 1.165) is 23.1 Å². The number of pyridine rings is 1. The summed E-state index contributed by atoms with van der Waals surface area (Å²) in [6.45, 7) is 2.78. The standard InChI is InChI=1S/C14H12ClN3S/c1-9-7-16-5-4-10(9)8-18-13-3-2-11(15)6-12(13)17-14(18)19/h2-7H,8H2,1H3,(H,17,19). The molecule has 0 radical (unpaired) electrons. The molecule has 1 N–H and O–H groups in total. The van der Waals surface area contributed by atoms with E-state index in [4.69, 9.17) is 23.8 Å². The molecule has 2 heterocycles. The number of rotatable bonds is 2. The number of fused-ring (bicyclic) bond motifs is 1. The maximum absolute atomic E-state index is 5.99. The zero-order valence-corrected chi connectivity index (χ0v) is 11.9. The van der Waals surface area contributed by atoms with Crippen LogP contribution in [0.2, 0.25) is 5.02 Å². The minimum Gasteiger partial charge on any atom is -0.331 e. The Labute approximate surface area is 120 Å². The van der Waals surface area contributed by atoms with Crippen LogP contribution >= 0.6 is 23.8 Å². The molecule has 0 bridgehead atoms. The molecule has 2 aromatic heterocycles. The highest BCUT2D eigenvalue weighted by atomic mass is 35.5. The summed E-state index contributed by atoms with van der Waals surface area (Å²) in [6.07, 6.45) is 3.67. The number of aromatic nitrogens is 3. The molecule has 0 saturated heterocycles. The zero-order valence-electron chi connectivity index (χ0n) is 10.4. The second-order valence-corrected chi connectivity index (χ2v) is 5.30. The number of hydrogen-bond donors (Lipinski definition) is 1. The van der Waals surface area contributed by atoms with Gasteiger partial charge in [-0.25, -0.2) is 0 Å². The molecule has 3 aromatic rings. The predicted octanol–water partition coefficient (Wildman–Crippen LogP) is 4.10. The van der Waals surface area contributed by atoms with Crippen LogP contribution in [0.3, 0.4) is 0 Å². The number of benzene rings is 1. The Balaban J connectivity index is 2.13. The van der Waals surface area contributed by atoms with Crippen LogP contribution in [0, 0.1) is 11.7 Å². The van der Waals surface area contributed by atoms with Gasteiger partial charge in [0.15, 0.2) is 4.77 Å². The highest BCUT2D eigenvalue weighted by Gasteiger charge is 2.07. The van der Waals surface area contributed by atoms with Gasteiger partial charge >= 0.3 is 0 Å². The molecule has 0 fully saturated rings. The Bertz CT molecular complexity index is 804. The van der Waals surface area contributed by atoms with Gasteiger partial charge in [0, 0.05) is 17.4 Å². The number of nitrogens with one attached hydrogen (secondary N) is 1. The van der Waals surface area contributed by atoms with Crippen molar-refractivity contribution >= 4 is 34.9 Å². The van der Waals surface area contributed by atoms with E-state index < -0.39 is 0 Å². The van der Waals surface area contributed by atoms with Crippen molar-refractivity contribution < 1.29 is 0 Å².